The lowest BCUT2D eigenvalue weighted by atomic mass is 10.0. The minimum absolute atomic E-state index is 0.180. The first kappa shape index (κ1) is 24.2. The van der Waals surface area contributed by atoms with Gasteiger partial charge < -0.3 is 4.74 Å². The van der Waals surface area contributed by atoms with Crippen molar-refractivity contribution in [3.05, 3.63) is 89.0 Å². The van der Waals surface area contributed by atoms with Crippen molar-refractivity contribution in [3.8, 4) is 11.1 Å². The van der Waals surface area contributed by atoms with Crippen molar-refractivity contribution >= 4 is 29.3 Å². The molecule has 0 saturated carbocycles. The van der Waals surface area contributed by atoms with Gasteiger partial charge in [0.1, 0.15) is 0 Å². The SMILES string of the molecule is O=C(COC(=O)c1ccc(N2C(=O)CC(N3CCCCC3)C2=O)cc1)c1ccc2c(c1)Cc1ccccc1-2. The van der Waals surface area contributed by atoms with Crippen LogP contribution in [0.15, 0.2) is 66.7 Å². The predicted octanol–water partition coefficient (Wildman–Crippen LogP) is 4.42. The molecule has 0 N–H and O–H groups in total. The highest BCUT2D eigenvalue weighted by molar-refractivity contribution is 6.22. The van der Waals surface area contributed by atoms with Gasteiger partial charge in [-0.15, -0.1) is 0 Å². The Labute approximate surface area is 221 Å². The first-order chi connectivity index (χ1) is 18.5. The van der Waals surface area contributed by atoms with Gasteiger partial charge in [-0.1, -0.05) is 42.8 Å². The highest BCUT2D eigenvalue weighted by atomic mass is 16.5. The summed E-state index contributed by atoms with van der Waals surface area (Å²) in [6.07, 6.45) is 4.19. The van der Waals surface area contributed by atoms with Gasteiger partial charge in [0.2, 0.25) is 5.91 Å². The van der Waals surface area contributed by atoms with Crippen LogP contribution in [-0.2, 0) is 20.7 Å². The second kappa shape index (κ2) is 9.99. The molecule has 0 radical (unpaired) electrons. The molecule has 1 aliphatic carbocycles. The maximum Gasteiger partial charge on any atom is 0.338 e. The van der Waals surface area contributed by atoms with Gasteiger partial charge in [-0.25, -0.2) is 9.69 Å². The van der Waals surface area contributed by atoms with E-state index in [0.717, 1.165) is 49.9 Å². The van der Waals surface area contributed by atoms with E-state index in [1.807, 2.05) is 24.3 Å². The molecular formula is C31H28N2O5. The van der Waals surface area contributed by atoms with Crippen molar-refractivity contribution in [2.24, 2.45) is 0 Å². The number of nitrogens with zero attached hydrogens (tertiary/aromatic N) is 2. The van der Waals surface area contributed by atoms with E-state index in [-0.39, 0.29) is 36.2 Å². The zero-order valence-corrected chi connectivity index (χ0v) is 21.0. The highest BCUT2D eigenvalue weighted by Crippen LogP contribution is 2.36. The van der Waals surface area contributed by atoms with Crippen LogP contribution < -0.4 is 4.90 Å². The van der Waals surface area contributed by atoms with E-state index in [1.54, 1.807) is 18.2 Å². The number of rotatable bonds is 6. The summed E-state index contributed by atoms with van der Waals surface area (Å²) in [6, 6.07) is 19.6. The van der Waals surface area contributed by atoms with Crippen LogP contribution in [0.5, 0.6) is 0 Å². The normalized spacial score (nSPS) is 18.8. The van der Waals surface area contributed by atoms with Gasteiger partial charge in [0.05, 0.1) is 23.7 Å². The zero-order chi connectivity index (χ0) is 26.2. The molecule has 3 aromatic carbocycles. The number of hydrogen-bond acceptors (Lipinski definition) is 6. The smallest absolute Gasteiger partial charge is 0.338 e. The quantitative estimate of drug-likeness (QED) is 0.218. The minimum Gasteiger partial charge on any atom is -0.454 e. The number of fused-ring (bicyclic) bond motifs is 3. The average molecular weight is 509 g/mol. The molecular weight excluding hydrogens is 480 g/mol. The number of carbonyl (C=O) groups excluding carboxylic acids is 4. The number of Topliss-reactive ketones (excluding diaryl/α,β-unsaturated/α-hetero) is 1. The molecule has 3 aliphatic rings. The summed E-state index contributed by atoms with van der Waals surface area (Å²) in [5.74, 6) is -1.35. The van der Waals surface area contributed by atoms with Gasteiger partial charge in [-0.05, 0) is 84.9 Å². The summed E-state index contributed by atoms with van der Waals surface area (Å²) in [6.45, 7) is 1.30. The Morgan fingerprint density at radius 2 is 1.53 bits per heavy atom. The molecule has 0 aromatic heterocycles. The number of esters is 1. The number of carbonyl (C=O) groups is 4. The monoisotopic (exact) mass is 508 g/mol. The lowest BCUT2D eigenvalue weighted by molar-refractivity contribution is -0.123. The third-order valence-corrected chi connectivity index (χ3v) is 7.77. The summed E-state index contributed by atoms with van der Waals surface area (Å²) in [4.78, 5) is 54.3. The molecule has 2 amide bonds. The fourth-order valence-corrected chi connectivity index (χ4v) is 5.77. The van der Waals surface area contributed by atoms with E-state index in [9.17, 15) is 19.2 Å². The fourth-order valence-electron chi connectivity index (χ4n) is 5.77. The van der Waals surface area contributed by atoms with Crippen molar-refractivity contribution in [2.45, 2.75) is 38.1 Å². The molecule has 2 heterocycles. The van der Waals surface area contributed by atoms with Crippen LogP contribution in [0.25, 0.3) is 11.1 Å². The minimum atomic E-state index is -0.635. The lowest BCUT2D eigenvalue weighted by Gasteiger charge is -2.30. The Morgan fingerprint density at radius 3 is 2.32 bits per heavy atom. The molecule has 7 nitrogen and oxygen atoms in total. The van der Waals surface area contributed by atoms with Crippen molar-refractivity contribution in [2.75, 3.05) is 24.6 Å². The number of piperidine rings is 1. The number of hydrogen-bond donors (Lipinski definition) is 0. The topological polar surface area (TPSA) is 84.0 Å². The van der Waals surface area contributed by atoms with Crippen LogP contribution in [0, 0.1) is 0 Å². The zero-order valence-electron chi connectivity index (χ0n) is 21.0. The fraction of sp³-hybridized carbons (Fsp3) is 0.290. The van der Waals surface area contributed by atoms with Crippen molar-refractivity contribution in [3.63, 3.8) is 0 Å². The number of amides is 2. The standard InChI is InChI=1S/C31H28N2O5/c34-28(22-10-13-26-23(17-22)16-21-6-2-3-7-25(21)26)19-38-31(37)20-8-11-24(12-9-20)33-29(35)18-27(30(33)36)32-14-4-1-5-15-32/h2-3,6-13,17,27H,1,4-5,14-16,18-19H2. The van der Waals surface area contributed by atoms with Crippen LogP contribution >= 0.6 is 0 Å². The molecule has 6 rings (SSSR count). The van der Waals surface area contributed by atoms with Crippen molar-refractivity contribution in [1.29, 1.82) is 0 Å². The third-order valence-electron chi connectivity index (χ3n) is 7.77. The molecule has 1 unspecified atom stereocenters. The van der Waals surface area contributed by atoms with E-state index in [4.69, 9.17) is 4.74 Å². The van der Waals surface area contributed by atoms with Crippen LogP contribution in [0.3, 0.4) is 0 Å². The first-order valence-electron chi connectivity index (χ1n) is 13.1. The van der Waals surface area contributed by atoms with Crippen molar-refractivity contribution < 1.29 is 23.9 Å². The summed E-state index contributed by atoms with van der Waals surface area (Å²) < 4.78 is 5.29. The van der Waals surface area contributed by atoms with E-state index in [1.165, 1.54) is 28.2 Å². The van der Waals surface area contributed by atoms with Crippen molar-refractivity contribution in [1.82, 2.24) is 4.90 Å². The number of imide groups is 1. The summed E-state index contributed by atoms with van der Waals surface area (Å²) in [5, 5.41) is 0. The third kappa shape index (κ3) is 4.43. The van der Waals surface area contributed by atoms with E-state index in [0.29, 0.717) is 11.3 Å². The molecule has 0 bridgehead atoms. The molecule has 1 atom stereocenters. The Morgan fingerprint density at radius 1 is 0.816 bits per heavy atom. The summed E-state index contributed by atoms with van der Waals surface area (Å²) >= 11 is 0. The molecule has 2 aliphatic heterocycles. The van der Waals surface area contributed by atoms with Gasteiger partial charge in [-0.2, -0.15) is 0 Å². The first-order valence-corrected chi connectivity index (χ1v) is 13.1. The summed E-state index contributed by atoms with van der Waals surface area (Å²) in [7, 11) is 0. The number of ketones is 1. The van der Waals surface area contributed by atoms with Gasteiger partial charge in [0.15, 0.2) is 12.4 Å². The van der Waals surface area contributed by atoms with Gasteiger partial charge in [0, 0.05) is 5.56 Å². The van der Waals surface area contributed by atoms with Crippen LogP contribution in [0.2, 0.25) is 0 Å². The maximum atomic E-state index is 13.0. The Hall–Kier alpha value is -4.10. The van der Waals surface area contributed by atoms with Gasteiger partial charge in [0.25, 0.3) is 5.91 Å². The Kier molecular flexibility index (Phi) is 6.37. The highest BCUT2D eigenvalue weighted by Gasteiger charge is 2.42. The van der Waals surface area contributed by atoms with Gasteiger partial charge in [-0.3, -0.25) is 19.3 Å². The largest absolute Gasteiger partial charge is 0.454 e. The number of ether oxygens (including phenoxy) is 1. The summed E-state index contributed by atoms with van der Waals surface area (Å²) in [5.41, 5.74) is 5.84. The van der Waals surface area contributed by atoms with Crippen LogP contribution in [-0.4, -0.2) is 54.2 Å². The van der Waals surface area contributed by atoms with E-state index < -0.39 is 12.0 Å². The molecule has 2 saturated heterocycles. The van der Waals surface area contributed by atoms with E-state index in [2.05, 4.69) is 17.0 Å². The number of anilines is 1. The molecule has 2 fully saturated rings. The predicted molar refractivity (Wildman–Crippen MR) is 142 cm³/mol. The number of benzene rings is 3. The second-order valence-electron chi connectivity index (χ2n) is 10.1. The molecule has 0 spiro atoms. The maximum absolute atomic E-state index is 13.0. The Bertz CT molecular complexity index is 1440. The Balaban J connectivity index is 1.07. The molecule has 192 valence electrons. The second-order valence-corrected chi connectivity index (χ2v) is 10.1. The number of likely N-dealkylation sites (tertiary alicyclic amines) is 1. The molecule has 38 heavy (non-hydrogen) atoms. The van der Waals surface area contributed by atoms with Crippen LogP contribution in [0.1, 0.15) is 57.5 Å². The lowest BCUT2D eigenvalue weighted by Crippen LogP contribution is -2.44. The molecule has 7 heteroatoms. The van der Waals surface area contributed by atoms with Crippen LogP contribution in [0.4, 0.5) is 5.69 Å². The van der Waals surface area contributed by atoms with E-state index >= 15 is 0 Å². The van der Waals surface area contributed by atoms with Gasteiger partial charge >= 0.3 is 5.97 Å². The molecule has 3 aromatic rings. The average Bonchev–Trinajstić information content (AvgIpc) is 3.47.